The van der Waals surface area contributed by atoms with Crippen molar-refractivity contribution in [1.82, 2.24) is 14.2 Å². The van der Waals surface area contributed by atoms with E-state index in [-0.39, 0.29) is 36.8 Å². The van der Waals surface area contributed by atoms with E-state index in [1.54, 1.807) is 18.3 Å². The van der Waals surface area contributed by atoms with E-state index in [0.29, 0.717) is 11.9 Å². The van der Waals surface area contributed by atoms with Gasteiger partial charge in [-0.2, -0.15) is 4.31 Å². The minimum absolute atomic E-state index is 0.00841. The lowest BCUT2D eigenvalue weighted by molar-refractivity contribution is -0.129. The summed E-state index contributed by atoms with van der Waals surface area (Å²) in [5.41, 5.74) is 1.36. The van der Waals surface area contributed by atoms with Crippen molar-refractivity contribution < 1.29 is 21.6 Å². The number of carbonyl (C=O) groups excluding carboxylic acids is 1. The van der Waals surface area contributed by atoms with Gasteiger partial charge in [-0.1, -0.05) is 31.9 Å². The molecule has 1 amide bonds. The molecule has 170 valence electrons. The van der Waals surface area contributed by atoms with E-state index in [0.717, 1.165) is 23.8 Å². The van der Waals surface area contributed by atoms with E-state index in [1.165, 1.54) is 9.21 Å². The molecule has 1 aliphatic heterocycles. The Bertz CT molecular complexity index is 1150. The summed E-state index contributed by atoms with van der Waals surface area (Å²) in [5.74, 6) is -0.972. The van der Waals surface area contributed by atoms with Gasteiger partial charge in [-0.25, -0.2) is 16.8 Å². The third-order valence-corrected chi connectivity index (χ3v) is 8.95. The Morgan fingerprint density at radius 1 is 1.06 bits per heavy atom. The van der Waals surface area contributed by atoms with Crippen LogP contribution in [0, 0.1) is 6.92 Å². The summed E-state index contributed by atoms with van der Waals surface area (Å²) in [6, 6.07) is 6.95. The zero-order valence-corrected chi connectivity index (χ0v) is 19.6. The predicted molar refractivity (Wildman–Crippen MR) is 120 cm³/mol. The van der Waals surface area contributed by atoms with E-state index in [4.69, 9.17) is 0 Å². The Labute approximate surface area is 184 Å². The maximum Gasteiger partial charge on any atom is 0.245 e. The zero-order chi connectivity index (χ0) is 22.6. The van der Waals surface area contributed by atoms with E-state index < -0.39 is 31.5 Å². The Hall–Kier alpha value is -2.04. The fraction of sp³-hybridized carbons (Fsp3) is 0.524. The first-order chi connectivity index (χ1) is 14.6. The van der Waals surface area contributed by atoms with Crippen LogP contribution in [0.2, 0.25) is 0 Å². The third-order valence-electron chi connectivity index (χ3n) is 5.42. The normalized spacial score (nSPS) is 16.0. The molecule has 2 aromatic rings. The lowest BCUT2D eigenvalue weighted by atomic mass is 10.2. The van der Waals surface area contributed by atoms with Crippen LogP contribution in [0.4, 0.5) is 0 Å². The molecule has 0 spiro atoms. The number of rotatable bonds is 8. The number of sulfonamides is 1. The molecule has 1 saturated heterocycles. The molecule has 0 N–H and O–H groups in total. The molecule has 0 bridgehead atoms. The van der Waals surface area contributed by atoms with Crippen LogP contribution in [0.15, 0.2) is 35.4 Å². The van der Waals surface area contributed by atoms with Crippen LogP contribution < -0.4 is 0 Å². The standard InChI is InChI=1S/C21H29N3O5S2/c1-3-4-5-13-30(26,27)16-20(25)23-9-11-24(12-10-23)31(28,29)19-8-6-7-18-14-17(2)15-22-21(18)19/h6-8,14-15H,3-5,9-13,16H2,1-2H3. The SMILES string of the molecule is CCCCCS(=O)(=O)CC(=O)N1CCN(S(=O)(=O)c2cccc3cc(C)cnc23)CC1. The maximum atomic E-state index is 13.2. The summed E-state index contributed by atoms with van der Waals surface area (Å²) in [5, 5.41) is 0.753. The van der Waals surface area contributed by atoms with Crippen molar-refractivity contribution in [2.24, 2.45) is 0 Å². The Kier molecular flexibility index (Phi) is 7.33. The molecule has 3 rings (SSSR count). The second-order valence-corrected chi connectivity index (χ2v) is 12.0. The molecule has 0 aliphatic carbocycles. The molecular weight excluding hydrogens is 438 g/mol. The van der Waals surface area contributed by atoms with Crippen LogP contribution in [-0.4, -0.2) is 74.6 Å². The number of fused-ring (bicyclic) bond motifs is 1. The second-order valence-electron chi connectivity index (χ2n) is 7.92. The number of aromatic nitrogens is 1. The molecule has 1 aromatic heterocycles. The van der Waals surface area contributed by atoms with Crippen LogP contribution in [0.5, 0.6) is 0 Å². The summed E-state index contributed by atoms with van der Waals surface area (Å²) in [4.78, 5) is 18.3. The Morgan fingerprint density at radius 2 is 1.77 bits per heavy atom. The highest BCUT2D eigenvalue weighted by molar-refractivity contribution is 7.92. The minimum Gasteiger partial charge on any atom is -0.339 e. The molecule has 0 unspecified atom stereocenters. The number of piperazine rings is 1. The molecular formula is C21H29N3O5S2. The van der Waals surface area contributed by atoms with E-state index in [2.05, 4.69) is 4.98 Å². The van der Waals surface area contributed by atoms with E-state index in [9.17, 15) is 21.6 Å². The van der Waals surface area contributed by atoms with Crippen molar-refractivity contribution in [2.45, 2.75) is 38.0 Å². The van der Waals surface area contributed by atoms with E-state index >= 15 is 0 Å². The van der Waals surface area contributed by atoms with Crippen LogP contribution in [0.3, 0.4) is 0 Å². The summed E-state index contributed by atoms with van der Waals surface area (Å²) < 4.78 is 52.1. The topological polar surface area (TPSA) is 105 Å². The van der Waals surface area contributed by atoms with Gasteiger partial charge in [-0.05, 0) is 31.0 Å². The lowest BCUT2D eigenvalue weighted by Crippen LogP contribution is -2.51. The molecule has 1 fully saturated rings. The molecule has 10 heteroatoms. The minimum atomic E-state index is -3.79. The quantitative estimate of drug-likeness (QED) is 0.550. The van der Waals surface area contributed by atoms with Crippen LogP contribution in [0.1, 0.15) is 31.7 Å². The number of carbonyl (C=O) groups is 1. The largest absolute Gasteiger partial charge is 0.339 e. The van der Waals surface area contributed by atoms with Gasteiger partial charge in [0.2, 0.25) is 15.9 Å². The first-order valence-electron chi connectivity index (χ1n) is 10.5. The van der Waals surface area contributed by atoms with Crippen LogP contribution in [-0.2, 0) is 24.7 Å². The van der Waals surface area contributed by atoms with Crippen molar-refractivity contribution in [3.05, 3.63) is 36.0 Å². The molecule has 8 nitrogen and oxygen atoms in total. The number of para-hydroxylation sites is 1. The van der Waals surface area contributed by atoms with Crippen LogP contribution in [0.25, 0.3) is 10.9 Å². The second kappa shape index (κ2) is 9.62. The molecule has 0 saturated carbocycles. The first-order valence-corrected chi connectivity index (χ1v) is 13.7. The number of nitrogens with zero attached hydrogens (tertiary/aromatic N) is 3. The highest BCUT2D eigenvalue weighted by atomic mass is 32.2. The zero-order valence-electron chi connectivity index (χ0n) is 18.0. The lowest BCUT2D eigenvalue weighted by Gasteiger charge is -2.34. The Balaban J connectivity index is 1.67. The van der Waals surface area contributed by atoms with Gasteiger partial charge in [-0.3, -0.25) is 9.78 Å². The molecule has 1 aliphatic rings. The number of benzene rings is 1. The number of hydrogen-bond acceptors (Lipinski definition) is 6. The van der Waals surface area contributed by atoms with E-state index in [1.807, 2.05) is 26.0 Å². The Morgan fingerprint density at radius 3 is 2.45 bits per heavy atom. The maximum absolute atomic E-state index is 13.2. The average molecular weight is 468 g/mol. The van der Waals surface area contributed by atoms with Crippen molar-refractivity contribution >= 4 is 36.7 Å². The van der Waals surface area contributed by atoms with Gasteiger partial charge in [0.05, 0.1) is 11.3 Å². The molecule has 2 heterocycles. The molecule has 0 radical (unpaired) electrons. The highest BCUT2D eigenvalue weighted by Gasteiger charge is 2.32. The monoisotopic (exact) mass is 467 g/mol. The van der Waals surface area contributed by atoms with Gasteiger partial charge in [0.15, 0.2) is 9.84 Å². The smallest absolute Gasteiger partial charge is 0.245 e. The summed E-state index contributed by atoms with van der Waals surface area (Å²) in [6.07, 6.45) is 3.91. The van der Waals surface area contributed by atoms with Crippen molar-refractivity contribution in [3.8, 4) is 0 Å². The van der Waals surface area contributed by atoms with Gasteiger partial charge in [-0.15, -0.1) is 0 Å². The predicted octanol–water partition coefficient (Wildman–Crippen LogP) is 1.98. The molecule has 0 atom stereocenters. The molecule has 31 heavy (non-hydrogen) atoms. The van der Waals surface area contributed by atoms with Gasteiger partial charge in [0.1, 0.15) is 10.6 Å². The highest BCUT2D eigenvalue weighted by Crippen LogP contribution is 2.25. The molecule has 1 aromatic carbocycles. The van der Waals surface area contributed by atoms with Gasteiger partial charge in [0.25, 0.3) is 0 Å². The number of hydrogen-bond donors (Lipinski definition) is 0. The van der Waals surface area contributed by atoms with Crippen molar-refractivity contribution in [2.75, 3.05) is 37.7 Å². The number of unbranched alkanes of at least 4 members (excludes halogenated alkanes) is 2. The summed E-state index contributed by atoms with van der Waals surface area (Å²) in [7, 11) is -7.23. The number of amides is 1. The first kappa shape index (κ1) is 23.6. The number of sulfone groups is 1. The van der Waals surface area contributed by atoms with Crippen molar-refractivity contribution in [1.29, 1.82) is 0 Å². The number of pyridine rings is 1. The average Bonchev–Trinajstić information content (AvgIpc) is 2.73. The third kappa shape index (κ3) is 5.61. The fourth-order valence-corrected chi connectivity index (χ4v) is 6.63. The fourth-order valence-electron chi connectivity index (χ4n) is 3.69. The van der Waals surface area contributed by atoms with Crippen LogP contribution >= 0.6 is 0 Å². The number of aryl methyl sites for hydroxylation is 1. The van der Waals surface area contributed by atoms with Gasteiger partial charge < -0.3 is 4.90 Å². The summed E-state index contributed by atoms with van der Waals surface area (Å²) >= 11 is 0. The van der Waals surface area contributed by atoms with Crippen molar-refractivity contribution in [3.63, 3.8) is 0 Å². The van der Waals surface area contributed by atoms with Gasteiger partial charge in [0, 0.05) is 37.8 Å². The summed E-state index contributed by atoms with van der Waals surface area (Å²) in [6.45, 7) is 4.45. The van der Waals surface area contributed by atoms with Gasteiger partial charge >= 0.3 is 0 Å².